The van der Waals surface area contributed by atoms with Crippen LogP contribution in [0.1, 0.15) is 46.9 Å². The lowest BCUT2D eigenvalue weighted by Crippen LogP contribution is -2.50. The van der Waals surface area contributed by atoms with Crippen LogP contribution in [0.15, 0.2) is 54.9 Å². The van der Waals surface area contributed by atoms with Crippen LogP contribution < -0.4 is 0 Å². The molecule has 2 aliphatic rings. The van der Waals surface area contributed by atoms with Crippen LogP contribution in [-0.4, -0.2) is 41.6 Å². The minimum atomic E-state index is -0.624. The topological polar surface area (TPSA) is 68.8 Å². The van der Waals surface area contributed by atoms with E-state index >= 15 is 0 Å². The lowest BCUT2D eigenvalue weighted by atomic mass is 9.81. The average molecular weight is 460 g/mol. The molecular weight excluding hydrogens is 438 g/mol. The minimum Gasteiger partial charge on any atom is -0.327 e. The molecule has 2 atom stereocenters. The van der Waals surface area contributed by atoms with Crippen LogP contribution in [0.25, 0.3) is 16.9 Å². The highest BCUT2D eigenvalue weighted by molar-refractivity contribution is 5.98. The standard InChI is InChI=1S/C25H22F2N6O/c1-31-24(15-11-16(26)13-17(27)12-15)20-14-18-5-4-8-22(23(20)30-31)32(18)25(34)19-6-2-3-7-21(19)33-28-9-10-29-33/h2-3,6-7,9-13,18,22H,4-5,8,14H2,1H3. The van der Waals surface area contributed by atoms with Crippen LogP contribution in [-0.2, 0) is 13.5 Å². The highest BCUT2D eigenvalue weighted by Crippen LogP contribution is 2.45. The molecule has 2 aliphatic heterocycles. The fourth-order valence-corrected chi connectivity index (χ4v) is 5.51. The number of piperidine rings is 1. The molecule has 2 aromatic heterocycles. The second-order valence-electron chi connectivity index (χ2n) is 8.85. The number of hydrogen-bond acceptors (Lipinski definition) is 4. The molecular formula is C25H22F2N6O. The molecule has 172 valence electrons. The highest BCUT2D eigenvalue weighted by Gasteiger charge is 2.44. The Bertz CT molecular complexity index is 1380. The average Bonchev–Trinajstić information content (AvgIpc) is 3.45. The van der Waals surface area contributed by atoms with Crippen LogP contribution in [0.2, 0.25) is 0 Å². The zero-order valence-corrected chi connectivity index (χ0v) is 18.5. The van der Waals surface area contributed by atoms with Gasteiger partial charge in [0.1, 0.15) is 11.6 Å². The number of benzene rings is 2. The largest absolute Gasteiger partial charge is 0.327 e. The number of para-hydroxylation sites is 1. The zero-order chi connectivity index (χ0) is 23.4. The van der Waals surface area contributed by atoms with Crippen LogP contribution in [0, 0.1) is 11.6 Å². The zero-order valence-electron chi connectivity index (χ0n) is 18.5. The Morgan fingerprint density at radius 3 is 2.53 bits per heavy atom. The summed E-state index contributed by atoms with van der Waals surface area (Å²) in [6.07, 6.45) is 6.37. The predicted molar refractivity (Wildman–Crippen MR) is 120 cm³/mol. The predicted octanol–water partition coefficient (Wildman–Crippen LogP) is 4.24. The molecule has 4 aromatic rings. The first-order valence-corrected chi connectivity index (χ1v) is 11.3. The Labute approximate surface area is 194 Å². The summed E-state index contributed by atoms with van der Waals surface area (Å²) in [6.45, 7) is 0. The van der Waals surface area contributed by atoms with Gasteiger partial charge < -0.3 is 4.90 Å². The van der Waals surface area contributed by atoms with Gasteiger partial charge in [0.25, 0.3) is 5.91 Å². The van der Waals surface area contributed by atoms with Gasteiger partial charge in [-0.15, -0.1) is 0 Å². The number of halogens is 2. The van der Waals surface area contributed by atoms with E-state index in [0.29, 0.717) is 28.9 Å². The van der Waals surface area contributed by atoms with Gasteiger partial charge in [0.15, 0.2) is 0 Å². The Balaban J connectivity index is 1.44. The number of rotatable bonds is 3. The summed E-state index contributed by atoms with van der Waals surface area (Å²) in [5.41, 5.74) is 4.09. The fourth-order valence-electron chi connectivity index (χ4n) is 5.51. The van der Waals surface area contributed by atoms with E-state index < -0.39 is 11.6 Å². The number of nitrogens with zero attached hydrogens (tertiary/aromatic N) is 6. The SMILES string of the molecule is Cn1nc2c(c1-c1cc(F)cc(F)c1)CC1CCCC2N1C(=O)c1ccccc1-n1nccn1. The number of aromatic nitrogens is 5. The molecule has 2 bridgehead atoms. The molecule has 1 amide bonds. The molecule has 34 heavy (non-hydrogen) atoms. The van der Waals surface area contributed by atoms with E-state index in [1.807, 2.05) is 23.1 Å². The molecule has 0 N–H and O–H groups in total. The second kappa shape index (κ2) is 7.86. The third-order valence-corrected chi connectivity index (χ3v) is 6.82. The van der Waals surface area contributed by atoms with Gasteiger partial charge in [-0.05, 0) is 49.9 Å². The third kappa shape index (κ3) is 3.22. The Kier molecular flexibility index (Phi) is 4.79. The monoisotopic (exact) mass is 460 g/mol. The summed E-state index contributed by atoms with van der Waals surface area (Å²) < 4.78 is 29.7. The molecule has 2 unspecified atom stereocenters. The summed E-state index contributed by atoms with van der Waals surface area (Å²) >= 11 is 0. The molecule has 0 spiro atoms. The van der Waals surface area contributed by atoms with Gasteiger partial charge in [-0.1, -0.05) is 12.1 Å². The number of fused-ring (bicyclic) bond motifs is 4. The number of carbonyl (C=O) groups is 1. The van der Waals surface area contributed by atoms with Gasteiger partial charge in [0.05, 0.1) is 41.1 Å². The third-order valence-electron chi connectivity index (χ3n) is 6.82. The summed E-state index contributed by atoms with van der Waals surface area (Å²) in [6, 6.07) is 10.6. The van der Waals surface area contributed by atoms with Crippen LogP contribution in [0.5, 0.6) is 0 Å². The second-order valence-corrected chi connectivity index (χ2v) is 8.85. The van der Waals surface area contributed by atoms with E-state index in [2.05, 4.69) is 10.2 Å². The van der Waals surface area contributed by atoms with E-state index in [9.17, 15) is 13.6 Å². The van der Waals surface area contributed by atoms with Crippen LogP contribution >= 0.6 is 0 Å². The molecule has 0 radical (unpaired) electrons. The van der Waals surface area contributed by atoms with Crippen molar-refractivity contribution in [3.05, 3.63) is 83.3 Å². The maximum absolute atomic E-state index is 14.0. The van der Waals surface area contributed by atoms with Gasteiger partial charge in [0.2, 0.25) is 0 Å². The van der Waals surface area contributed by atoms with Crippen molar-refractivity contribution in [2.45, 2.75) is 37.8 Å². The van der Waals surface area contributed by atoms with Crippen molar-refractivity contribution in [2.24, 2.45) is 7.05 Å². The maximum Gasteiger partial charge on any atom is 0.256 e. The van der Waals surface area contributed by atoms with Gasteiger partial charge in [-0.25, -0.2) is 8.78 Å². The Morgan fingerprint density at radius 2 is 1.76 bits per heavy atom. The minimum absolute atomic E-state index is 0.0289. The highest BCUT2D eigenvalue weighted by atomic mass is 19.1. The van der Waals surface area contributed by atoms with Gasteiger partial charge in [-0.3, -0.25) is 9.48 Å². The normalized spacial score (nSPS) is 19.2. The van der Waals surface area contributed by atoms with E-state index in [1.54, 1.807) is 30.2 Å². The number of amides is 1. The molecule has 4 heterocycles. The van der Waals surface area contributed by atoms with Gasteiger partial charge in [0, 0.05) is 30.3 Å². The van der Waals surface area contributed by atoms with E-state index in [4.69, 9.17) is 5.10 Å². The molecule has 0 aliphatic carbocycles. The fraction of sp³-hybridized carbons (Fsp3) is 0.280. The summed E-state index contributed by atoms with van der Waals surface area (Å²) in [5.74, 6) is -1.33. The van der Waals surface area contributed by atoms with E-state index in [1.165, 1.54) is 16.9 Å². The molecule has 0 saturated carbocycles. The van der Waals surface area contributed by atoms with Gasteiger partial charge >= 0.3 is 0 Å². The quantitative estimate of drug-likeness (QED) is 0.459. The van der Waals surface area contributed by atoms with Crippen molar-refractivity contribution in [2.75, 3.05) is 0 Å². The molecule has 9 heteroatoms. The molecule has 1 saturated heterocycles. The van der Waals surface area contributed by atoms with Crippen molar-refractivity contribution >= 4 is 5.91 Å². The lowest BCUT2D eigenvalue weighted by Gasteiger charge is -2.45. The first-order chi connectivity index (χ1) is 16.5. The molecule has 6 rings (SSSR count). The van der Waals surface area contributed by atoms with Crippen molar-refractivity contribution in [3.8, 4) is 16.9 Å². The first-order valence-electron chi connectivity index (χ1n) is 11.3. The van der Waals surface area contributed by atoms with Crippen molar-refractivity contribution in [1.29, 1.82) is 0 Å². The van der Waals surface area contributed by atoms with Crippen molar-refractivity contribution in [3.63, 3.8) is 0 Å². The number of carbonyl (C=O) groups excluding carboxylic acids is 1. The molecule has 2 aromatic carbocycles. The van der Waals surface area contributed by atoms with E-state index in [0.717, 1.165) is 36.6 Å². The smallest absolute Gasteiger partial charge is 0.256 e. The van der Waals surface area contributed by atoms with Crippen LogP contribution in [0.4, 0.5) is 8.78 Å². The Morgan fingerprint density at radius 1 is 1.03 bits per heavy atom. The lowest BCUT2D eigenvalue weighted by molar-refractivity contribution is 0.0391. The molecule has 1 fully saturated rings. The Hall–Kier alpha value is -3.88. The van der Waals surface area contributed by atoms with Crippen molar-refractivity contribution in [1.82, 2.24) is 29.7 Å². The first kappa shape index (κ1) is 20.7. The van der Waals surface area contributed by atoms with Crippen molar-refractivity contribution < 1.29 is 13.6 Å². The number of aryl methyl sites for hydroxylation is 1. The molecule has 7 nitrogen and oxygen atoms in total. The van der Waals surface area contributed by atoms with Gasteiger partial charge in [-0.2, -0.15) is 20.1 Å². The number of hydrogen-bond donors (Lipinski definition) is 0. The maximum atomic E-state index is 14.0. The summed E-state index contributed by atoms with van der Waals surface area (Å²) in [5, 5.41) is 13.2. The summed E-state index contributed by atoms with van der Waals surface area (Å²) in [7, 11) is 1.78. The summed E-state index contributed by atoms with van der Waals surface area (Å²) in [4.78, 5) is 17.3. The van der Waals surface area contributed by atoms with Crippen LogP contribution in [0.3, 0.4) is 0 Å². The van der Waals surface area contributed by atoms with E-state index in [-0.39, 0.29) is 18.0 Å².